The minimum atomic E-state index is -0.513. The molecule has 1 aliphatic rings. The van der Waals surface area contributed by atoms with Crippen LogP contribution < -0.4 is 10.2 Å². The van der Waals surface area contributed by atoms with Crippen LogP contribution in [0.1, 0.15) is 20.7 Å². The Morgan fingerprint density at radius 1 is 0.871 bits per heavy atom. The second-order valence-corrected chi connectivity index (χ2v) is 7.09. The molecule has 0 radical (unpaired) electrons. The average Bonchev–Trinajstić information content (AvgIpc) is 3.09. The summed E-state index contributed by atoms with van der Waals surface area (Å²) in [6.07, 6.45) is 0. The Morgan fingerprint density at radius 2 is 1.61 bits per heavy atom. The first-order valence-corrected chi connectivity index (χ1v) is 9.55. The second-order valence-electron chi connectivity index (χ2n) is 7.09. The van der Waals surface area contributed by atoms with Crippen LogP contribution in [0.25, 0.3) is 10.8 Å². The third kappa shape index (κ3) is 3.00. The standard InChI is InChI=1S/C24H15N3O4/c28-23(15-9-11-17(12-10-15)27(30)31)25-20-13-14-21-22-18(20)7-4-8-19(22)24(29)26(21)16-5-2-1-3-6-16/h1-14H,(H,25,28). The summed E-state index contributed by atoms with van der Waals surface area (Å²) >= 11 is 0. The van der Waals surface area contributed by atoms with Crippen LogP contribution in [0.3, 0.4) is 0 Å². The lowest BCUT2D eigenvalue weighted by Crippen LogP contribution is -2.20. The minimum absolute atomic E-state index is 0.0820. The van der Waals surface area contributed by atoms with Crippen molar-refractivity contribution < 1.29 is 14.5 Å². The number of hydrogen-bond acceptors (Lipinski definition) is 4. The molecule has 0 spiro atoms. The van der Waals surface area contributed by atoms with Crippen molar-refractivity contribution in [3.63, 3.8) is 0 Å². The van der Waals surface area contributed by atoms with Gasteiger partial charge in [-0.05, 0) is 42.5 Å². The van der Waals surface area contributed by atoms with E-state index in [1.54, 1.807) is 23.1 Å². The maximum absolute atomic E-state index is 13.1. The number of amides is 2. The van der Waals surface area contributed by atoms with E-state index >= 15 is 0 Å². The van der Waals surface area contributed by atoms with Crippen molar-refractivity contribution in [2.75, 3.05) is 10.2 Å². The van der Waals surface area contributed by atoms with Crippen LogP contribution >= 0.6 is 0 Å². The number of nitrogens with one attached hydrogen (secondary N) is 1. The van der Waals surface area contributed by atoms with E-state index in [0.717, 1.165) is 22.1 Å². The number of hydrogen-bond donors (Lipinski definition) is 1. The normalized spacial score (nSPS) is 12.3. The molecule has 150 valence electrons. The van der Waals surface area contributed by atoms with Crippen molar-refractivity contribution in [2.45, 2.75) is 0 Å². The van der Waals surface area contributed by atoms with Gasteiger partial charge in [-0.25, -0.2) is 0 Å². The van der Waals surface area contributed by atoms with Crippen LogP contribution in [0.4, 0.5) is 22.7 Å². The van der Waals surface area contributed by atoms with Gasteiger partial charge in [-0.3, -0.25) is 24.6 Å². The first-order valence-electron chi connectivity index (χ1n) is 9.55. The Hall–Kier alpha value is -4.52. The highest BCUT2D eigenvalue weighted by molar-refractivity contribution is 6.29. The van der Waals surface area contributed by atoms with Gasteiger partial charge in [-0.1, -0.05) is 30.3 Å². The Balaban J connectivity index is 1.54. The van der Waals surface area contributed by atoms with Crippen LogP contribution in [-0.2, 0) is 0 Å². The summed E-state index contributed by atoms with van der Waals surface area (Å²) in [5.41, 5.74) is 2.88. The van der Waals surface area contributed by atoms with Gasteiger partial charge in [0.2, 0.25) is 0 Å². The van der Waals surface area contributed by atoms with E-state index in [9.17, 15) is 19.7 Å². The van der Waals surface area contributed by atoms with E-state index in [1.165, 1.54) is 24.3 Å². The lowest BCUT2D eigenvalue weighted by atomic mass is 10.0. The molecule has 0 aliphatic carbocycles. The van der Waals surface area contributed by atoms with Crippen molar-refractivity contribution in [3.8, 4) is 0 Å². The summed E-state index contributed by atoms with van der Waals surface area (Å²) in [5.74, 6) is -0.509. The third-order valence-corrected chi connectivity index (χ3v) is 5.30. The maximum Gasteiger partial charge on any atom is 0.269 e. The zero-order valence-corrected chi connectivity index (χ0v) is 16.1. The molecule has 1 aliphatic heterocycles. The van der Waals surface area contributed by atoms with Gasteiger partial charge in [0.05, 0.1) is 16.2 Å². The van der Waals surface area contributed by atoms with Gasteiger partial charge in [-0.2, -0.15) is 0 Å². The van der Waals surface area contributed by atoms with Crippen LogP contribution in [-0.4, -0.2) is 16.7 Å². The van der Waals surface area contributed by atoms with Gasteiger partial charge in [-0.15, -0.1) is 0 Å². The molecule has 5 rings (SSSR count). The SMILES string of the molecule is O=C(Nc1ccc2c3c(cccc13)C(=O)N2c1ccccc1)c1ccc([N+](=O)[O-])cc1. The Bertz CT molecular complexity index is 1370. The summed E-state index contributed by atoms with van der Waals surface area (Å²) in [7, 11) is 0. The molecule has 4 aromatic carbocycles. The number of non-ortho nitro benzene ring substituents is 1. The first kappa shape index (κ1) is 18.5. The van der Waals surface area contributed by atoms with Gasteiger partial charge < -0.3 is 5.32 Å². The van der Waals surface area contributed by atoms with Gasteiger partial charge >= 0.3 is 0 Å². The summed E-state index contributed by atoms with van der Waals surface area (Å²) in [5, 5.41) is 15.2. The molecule has 0 bridgehead atoms. The van der Waals surface area contributed by atoms with E-state index in [-0.39, 0.29) is 17.5 Å². The molecule has 0 unspecified atom stereocenters. The monoisotopic (exact) mass is 409 g/mol. The zero-order chi connectivity index (χ0) is 21.5. The minimum Gasteiger partial charge on any atom is -0.321 e. The Morgan fingerprint density at radius 3 is 2.32 bits per heavy atom. The zero-order valence-electron chi connectivity index (χ0n) is 16.1. The number of rotatable bonds is 4. The van der Waals surface area contributed by atoms with Gasteiger partial charge in [0.1, 0.15) is 0 Å². The predicted molar refractivity (Wildman–Crippen MR) is 118 cm³/mol. The van der Waals surface area contributed by atoms with E-state index in [0.29, 0.717) is 16.8 Å². The molecule has 2 amide bonds. The highest BCUT2D eigenvalue weighted by atomic mass is 16.6. The van der Waals surface area contributed by atoms with E-state index in [1.807, 2.05) is 42.5 Å². The summed E-state index contributed by atoms with van der Waals surface area (Å²) in [4.78, 5) is 37.8. The van der Waals surface area contributed by atoms with Crippen LogP contribution in [0.15, 0.2) is 84.9 Å². The molecular weight excluding hydrogens is 394 g/mol. The number of carbonyl (C=O) groups excluding carboxylic acids is 2. The fourth-order valence-electron chi connectivity index (χ4n) is 3.85. The number of carbonyl (C=O) groups is 2. The number of para-hydroxylation sites is 1. The molecule has 31 heavy (non-hydrogen) atoms. The molecule has 7 nitrogen and oxygen atoms in total. The number of nitro benzene ring substituents is 1. The molecule has 0 saturated heterocycles. The van der Waals surface area contributed by atoms with Gasteiger partial charge in [0, 0.05) is 39.8 Å². The summed E-state index contributed by atoms with van der Waals surface area (Å²) < 4.78 is 0. The molecular formula is C24H15N3O4. The molecule has 7 heteroatoms. The molecule has 1 N–H and O–H groups in total. The van der Waals surface area contributed by atoms with Crippen LogP contribution in [0.2, 0.25) is 0 Å². The molecule has 1 heterocycles. The smallest absolute Gasteiger partial charge is 0.269 e. The number of nitro groups is 1. The largest absolute Gasteiger partial charge is 0.321 e. The van der Waals surface area contributed by atoms with Crippen LogP contribution in [0, 0.1) is 10.1 Å². The lowest BCUT2D eigenvalue weighted by molar-refractivity contribution is -0.384. The summed E-state index contributed by atoms with van der Waals surface area (Å²) in [6.45, 7) is 0. The molecule has 0 fully saturated rings. The topological polar surface area (TPSA) is 92.6 Å². The number of benzene rings is 4. The molecule has 0 saturated carbocycles. The van der Waals surface area contributed by atoms with Crippen molar-refractivity contribution >= 4 is 45.3 Å². The molecule has 0 aromatic heterocycles. The van der Waals surface area contributed by atoms with Crippen molar-refractivity contribution in [2.24, 2.45) is 0 Å². The average molecular weight is 409 g/mol. The van der Waals surface area contributed by atoms with Crippen LogP contribution in [0.5, 0.6) is 0 Å². The van der Waals surface area contributed by atoms with Crippen molar-refractivity contribution in [1.82, 2.24) is 0 Å². The number of anilines is 3. The predicted octanol–water partition coefficient (Wildman–Crippen LogP) is 5.29. The lowest BCUT2D eigenvalue weighted by Gasteiger charge is -2.18. The molecule has 0 atom stereocenters. The van der Waals surface area contributed by atoms with Crippen molar-refractivity contribution in [1.29, 1.82) is 0 Å². The quantitative estimate of drug-likeness (QED) is 0.366. The highest BCUT2D eigenvalue weighted by Gasteiger charge is 2.31. The Labute approximate surface area is 176 Å². The van der Waals surface area contributed by atoms with Crippen molar-refractivity contribution in [3.05, 3.63) is 106 Å². The maximum atomic E-state index is 13.1. The van der Waals surface area contributed by atoms with E-state index < -0.39 is 4.92 Å². The Kier molecular flexibility index (Phi) is 4.22. The number of nitrogens with zero attached hydrogens (tertiary/aromatic N) is 2. The van der Waals surface area contributed by atoms with Gasteiger partial charge in [0.15, 0.2) is 0 Å². The third-order valence-electron chi connectivity index (χ3n) is 5.30. The summed E-state index contributed by atoms with van der Waals surface area (Å²) in [6, 6.07) is 23.8. The van der Waals surface area contributed by atoms with E-state index in [4.69, 9.17) is 0 Å². The second kappa shape index (κ2) is 7.07. The molecule has 4 aromatic rings. The first-order chi connectivity index (χ1) is 15.0. The van der Waals surface area contributed by atoms with Gasteiger partial charge in [0.25, 0.3) is 17.5 Å². The van der Waals surface area contributed by atoms with E-state index in [2.05, 4.69) is 5.32 Å². The fourth-order valence-corrected chi connectivity index (χ4v) is 3.85. The highest BCUT2D eigenvalue weighted by Crippen LogP contribution is 2.43. The fraction of sp³-hybridized carbons (Fsp3) is 0.